The third kappa shape index (κ3) is 1.28. The van der Waals surface area contributed by atoms with Crippen LogP contribution in [0.25, 0.3) is 10.3 Å². The highest BCUT2D eigenvalue weighted by Gasteiger charge is 2.07. The topological polar surface area (TPSA) is 38.7 Å². The van der Waals surface area contributed by atoms with E-state index in [1.54, 1.807) is 11.8 Å². The van der Waals surface area contributed by atoms with Gasteiger partial charge in [0, 0.05) is 0 Å². The Morgan fingerprint density at radius 3 is 3.00 bits per heavy atom. The van der Waals surface area contributed by atoms with Crippen LogP contribution in [-0.4, -0.2) is 21.2 Å². The second-order valence-electron chi connectivity index (χ2n) is 2.00. The second-order valence-corrected chi connectivity index (χ2v) is 4.39. The van der Waals surface area contributed by atoms with Gasteiger partial charge in [-0.05, 0) is 6.26 Å². The number of hydrogen-bond acceptors (Lipinski definition) is 5. The van der Waals surface area contributed by atoms with E-state index in [4.69, 9.17) is 11.6 Å². The molecule has 2 heterocycles. The highest BCUT2D eigenvalue weighted by Crippen LogP contribution is 2.28. The number of aromatic nitrogens is 3. The number of nitrogens with zero attached hydrogens (tertiary/aromatic N) is 3. The van der Waals surface area contributed by atoms with E-state index in [9.17, 15) is 0 Å². The van der Waals surface area contributed by atoms with Gasteiger partial charge in [0.15, 0.2) is 9.49 Å². The van der Waals surface area contributed by atoms with Crippen molar-refractivity contribution in [3.63, 3.8) is 0 Å². The van der Waals surface area contributed by atoms with E-state index in [-0.39, 0.29) is 0 Å². The van der Waals surface area contributed by atoms with Crippen LogP contribution in [0.5, 0.6) is 0 Å². The van der Waals surface area contributed by atoms with Gasteiger partial charge in [-0.25, -0.2) is 15.0 Å². The van der Waals surface area contributed by atoms with E-state index in [0.29, 0.717) is 10.7 Å². The standard InChI is InChI=1S/C6H4ClN3S2/c1-11-6-10-3-4(7)8-2-9-5(3)12-6/h2H,1H3. The zero-order valence-electron chi connectivity index (χ0n) is 6.11. The molecule has 0 unspecified atom stereocenters. The first-order valence-electron chi connectivity index (χ1n) is 3.12. The summed E-state index contributed by atoms with van der Waals surface area (Å²) < 4.78 is 0.965. The van der Waals surface area contributed by atoms with Crippen LogP contribution in [0.3, 0.4) is 0 Å². The fraction of sp³-hybridized carbons (Fsp3) is 0.167. The molecule has 12 heavy (non-hydrogen) atoms. The van der Waals surface area contributed by atoms with Crippen molar-refractivity contribution in [3.8, 4) is 0 Å². The Bertz CT molecular complexity index is 414. The van der Waals surface area contributed by atoms with Crippen molar-refractivity contribution in [2.24, 2.45) is 0 Å². The van der Waals surface area contributed by atoms with Gasteiger partial charge < -0.3 is 0 Å². The second kappa shape index (κ2) is 3.16. The molecule has 0 aliphatic carbocycles. The van der Waals surface area contributed by atoms with Crippen LogP contribution >= 0.6 is 34.7 Å². The maximum Gasteiger partial charge on any atom is 0.159 e. The van der Waals surface area contributed by atoms with Gasteiger partial charge in [0.2, 0.25) is 0 Å². The highest BCUT2D eigenvalue weighted by molar-refractivity contribution is 8.00. The summed E-state index contributed by atoms with van der Waals surface area (Å²) in [6.07, 6.45) is 3.42. The number of hydrogen-bond donors (Lipinski definition) is 0. The van der Waals surface area contributed by atoms with Crippen molar-refractivity contribution >= 4 is 45.0 Å². The molecule has 0 aromatic carbocycles. The van der Waals surface area contributed by atoms with E-state index in [1.165, 1.54) is 17.7 Å². The fourth-order valence-corrected chi connectivity index (χ4v) is 2.42. The lowest BCUT2D eigenvalue weighted by Gasteiger charge is -1.86. The summed E-state index contributed by atoms with van der Waals surface area (Å²) in [7, 11) is 0. The zero-order chi connectivity index (χ0) is 8.55. The quantitative estimate of drug-likeness (QED) is 0.544. The molecule has 0 spiro atoms. The molecule has 0 aliphatic rings. The van der Waals surface area contributed by atoms with Crippen molar-refractivity contribution < 1.29 is 0 Å². The van der Waals surface area contributed by atoms with E-state index in [1.807, 2.05) is 6.26 Å². The summed E-state index contributed by atoms with van der Waals surface area (Å²) >= 11 is 8.92. The van der Waals surface area contributed by atoms with Crippen molar-refractivity contribution in [1.82, 2.24) is 15.0 Å². The minimum Gasteiger partial charge on any atom is -0.225 e. The lowest BCUT2D eigenvalue weighted by Crippen LogP contribution is -1.79. The average Bonchev–Trinajstić information content (AvgIpc) is 2.49. The third-order valence-electron chi connectivity index (χ3n) is 1.31. The first kappa shape index (κ1) is 8.22. The summed E-state index contributed by atoms with van der Waals surface area (Å²) in [5.74, 6) is 0. The normalized spacial score (nSPS) is 10.8. The maximum absolute atomic E-state index is 5.81. The molecule has 0 amide bonds. The summed E-state index contributed by atoms with van der Waals surface area (Å²) in [5.41, 5.74) is 0.702. The van der Waals surface area contributed by atoms with Gasteiger partial charge in [-0.15, -0.1) is 0 Å². The predicted molar refractivity (Wildman–Crippen MR) is 52.0 cm³/mol. The van der Waals surface area contributed by atoms with Gasteiger partial charge in [0.05, 0.1) is 0 Å². The first-order chi connectivity index (χ1) is 5.81. The minimum atomic E-state index is 0.427. The number of thiazole rings is 1. The predicted octanol–water partition coefficient (Wildman–Crippen LogP) is 2.46. The molecule has 6 heteroatoms. The Labute approximate surface area is 82.2 Å². The van der Waals surface area contributed by atoms with Gasteiger partial charge in [-0.2, -0.15) is 0 Å². The molecular formula is C6H4ClN3S2. The third-order valence-corrected chi connectivity index (χ3v) is 3.53. The maximum atomic E-state index is 5.81. The van der Waals surface area contributed by atoms with Crippen LogP contribution in [0, 0.1) is 0 Å². The van der Waals surface area contributed by atoms with Crippen LogP contribution in [0.4, 0.5) is 0 Å². The van der Waals surface area contributed by atoms with E-state index < -0.39 is 0 Å². The van der Waals surface area contributed by atoms with Crippen LogP contribution in [0.15, 0.2) is 10.7 Å². The van der Waals surface area contributed by atoms with Crippen LogP contribution in [-0.2, 0) is 0 Å². The Hall–Kier alpha value is -0.390. The molecule has 2 rings (SSSR count). The molecule has 0 aliphatic heterocycles. The molecule has 2 aromatic rings. The van der Waals surface area contributed by atoms with E-state index in [2.05, 4.69) is 15.0 Å². The largest absolute Gasteiger partial charge is 0.225 e. The number of thioether (sulfide) groups is 1. The molecule has 0 bridgehead atoms. The summed E-state index contributed by atoms with van der Waals surface area (Å²) in [4.78, 5) is 13.0. The highest BCUT2D eigenvalue weighted by atomic mass is 35.5. The Balaban J connectivity index is 2.74. The molecule has 0 fully saturated rings. The van der Waals surface area contributed by atoms with Gasteiger partial charge in [-0.3, -0.25) is 0 Å². The number of rotatable bonds is 1. The summed E-state index contributed by atoms with van der Waals surface area (Å²) in [6.45, 7) is 0. The molecule has 2 aromatic heterocycles. The van der Waals surface area contributed by atoms with Crippen molar-refractivity contribution in [2.45, 2.75) is 4.34 Å². The molecule has 0 saturated heterocycles. The Morgan fingerprint density at radius 2 is 2.33 bits per heavy atom. The molecule has 0 atom stereocenters. The van der Waals surface area contributed by atoms with Gasteiger partial charge in [0.25, 0.3) is 0 Å². The SMILES string of the molecule is CSc1nc2c(Cl)ncnc2s1. The first-order valence-corrected chi connectivity index (χ1v) is 5.54. The fourth-order valence-electron chi connectivity index (χ4n) is 0.795. The van der Waals surface area contributed by atoms with E-state index in [0.717, 1.165) is 9.17 Å². The Morgan fingerprint density at radius 1 is 1.50 bits per heavy atom. The molecule has 0 radical (unpaired) electrons. The monoisotopic (exact) mass is 217 g/mol. The van der Waals surface area contributed by atoms with E-state index >= 15 is 0 Å². The van der Waals surface area contributed by atoms with Crippen molar-refractivity contribution in [2.75, 3.05) is 6.26 Å². The van der Waals surface area contributed by atoms with Gasteiger partial charge in [-0.1, -0.05) is 34.7 Å². The smallest absolute Gasteiger partial charge is 0.159 e. The summed E-state index contributed by atoms with van der Waals surface area (Å²) in [5, 5.41) is 0.427. The average molecular weight is 218 g/mol. The van der Waals surface area contributed by atoms with Crippen LogP contribution in [0.2, 0.25) is 5.15 Å². The minimum absolute atomic E-state index is 0.427. The molecule has 0 saturated carbocycles. The molecule has 3 nitrogen and oxygen atoms in total. The van der Waals surface area contributed by atoms with Gasteiger partial charge >= 0.3 is 0 Å². The molecule has 62 valence electrons. The molecular weight excluding hydrogens is 214 g/mol. The lowest BCUT2D eigenvalue weighted by atomic mass is 10.6. The van der Waals surface area contributed by atoms with Crippen LogP contribution in [0.1, 0.15) is 0 Å². The van der Waals surface area contributed by atoms with Crippen molar-refractivity contribution in [3.05, 3.63) is 11.5 Å². The van der Waals surface area contributed by atoms with Gasteiger partial charge in [0.1, 0.15) is 16.7 Å². The Kier molecular flexibility index (Phi) is 2.16. The number of fused-ring (bicyclic) bond motifs is 1. The summed E-state index contributed by atoms with van der Waals surface area (Å²) in [6, 6.07) is 0. The molecule has 0 N–H and O–H groups in total. The lowest BCUT2D eigenvalue weighted by molar-refractivity contribution is 1.20. The van der Waals surface area contributed by atoms with Crippen LogP contribution < -0.4 is 0 Å². The zero-order valence-corrected chi connectivity index (χ0v) is 8.50. The van der Waals surface area contributed by atoms with Crippen molar-refractivity contribution in [1.29, 1.82) is 0 Å². The number of halogens is 1.